The highest BCUT2D eigenvalue weighted by atomic mass is 16.2. The maximum Gasteiger partial charge on any atom is 0.254 e. The van der Waals surface area contributed by atoms with Crippen LogP contribution in [0.3, 0.4) is 0 Å². The van der Waals surface area contributed by atoms with Crippen molar-refractivity contribution in [3.05, 3.63) is 53.0 Å². The number of nitrogens with zero attached hydrogens (tertiary/aromatic N) is 3. The molecule has 4 aliphatic carbocycles. The van der Waals surface area contributed by atoms with Crippen molar-refractivity contribution in [2.24, 2.45) is 23.2 Å². The summed E-state index contributed by atoms with van der Waals surface area (Å²) in [6, 6.07) is 7.85. The zero-order chi connectivity index (χ0) is 21.0. The molecule has 5 aliphatic rings. The maximum atomic E-state index is 13.0. The van der Waals surface area contributed by atoms with Crippen molar-refractivity contribution in [1.82, 2.24) is 14.9 Å². The van der Waals surface area contributed by atoms with Crippen molar-refractivity contribution >= 4 is 11.7 Å². The van der Waals surface area contributed by atoms with Gasteiger partial charge in [-0.15, -0.1) is 0 Å². The van der Waals surface area contributed by atoms with E-state index in [0.717, 1.165) is 59.9 Å². The van der Waals surface area contributed by atoms with Gasteiger partial charge in [-0.25, -0.2) is 9.97 Å². The van der Waals surface area contributed by atoms with Gasteiger partial charge in [-0.3, -0.25) is 4.79 Å². The quantitative estimate of drug-likeness (QED) is 0.791. The van der Waals surface area contributed by atoms with Gasteiger partial charge in [0.1, 0.15) is 12.1 Å². The van der Waals surface area contributed by atoms with Crippen LogP contribution in [0.2, 0.25) is 0 Å². The molecule has 4 saturated carbocycles. The third kappa shape index (κ3) is 3.52. The molecule has 0 spiro atoms. The first-order valence-electron chi connectivity index (χ1n) is 12.0. The van der Waals surface area contributed by atoms with Crippen LogP contribution in [0, 0.1) is 30.1 Å². The molecule has 5 nitrogen and oxygen atoms in total. The summed E-state index contributed by atoms with van der Waals surface area (Å²) in [7, 11) is 0. The highest BCUT2D eigenvalue weighted by Gasteiger charge is 2.50. The van der Waals surface area contributed by atoms with E-state index in [1.807, 2.05) is 36.1 Å². The average Bonchev–Trinajstić information content (AvgIpc) is 2.76. The zero-order valence-corrected chi connectivity index (χ0v) is 18.4. The standard InChI is InChI=1S/C26H32N4O/c1-17-3-2-4-21(7-17)25(31)30-6-5-22-23(14-30)28-16-29-24(22)27-15-26-11-18-8-19(12-26)10-20(9-18)13-26/h2-4,7,16,18-20H,5-6,8-15H2,1H3,(H,27,28,29). The fourth-order valence-corrected chi connectivity index (χ4v) is 7.42. The van der Waals surface area contributed by atoms with Gasteiger partial charge in [0.2, 0.25) is 0 Å². The Morgan fingerprint density at radius 3 is 2.58 bits per heavy atom. The van der Waals surface area contributed by atoms with Crippen LogP contribution in [-0.4, -0.2) is 33.9 Å². The van der Waals surface area contributed by atoms with E-state index < -0.39 is 0 Å². The number of fused-ring (bicyclic) bond motifs is 1. The Morgan fingerprint density at radius 2 is 1.87 bits per heavy atom. The van der Waals surface area contributed by atoms with Gasteiger partial charge in [-0.1, -0.05) is 17.7 Å². The zero-order valence-electron chi connectivity index (χ0n) is 18.4. The van der Waals surface area contributed by atoms with Crippen molar-refractivity contribution in [2.45, 2.75) is 58.4 Å². The first kappa shape index (κ1) is 19.3. The summed E-state index contributed by atoms with van der Waals surface area (Å²) in [4.78, 5) is 24.1. The SMILES string of the molecule is Cc1cccc(C(=O)N2CCc3c(ncnc3NCC34CC5CC(CC(C5)C3)C4)C2)c1. The van der Waals surface area contributed by atoms with Crippen molar-refractivity contribution in [3.8, 4) is 0 Å². The number of amides is 1. The molecule has 1 aliphatic heterocycles. The van der Waals surface area contributed by atoms with E-state index >= 15 is 0 Å². The predicted octanol–water partition coefficient (Wildman–Crippen LogP) is 4.61. The summed E-state index contributed by atoms with van der Waals surface area (Å²) >= 11 is 0. The van der Waals surface area contributed by atoms with E-state index in [0.29, 0.717) is 12.0 Å². The number of carbonyl (C=O) groups is 1. The van der Waals surface area contributed by atoms with Gasteiger partial charge in [0.15, 0.2) is 0 Å². The number of rotatable bonds is 4. The van der Waals surface area contributed by atoms with Gasteiger partial charge in [-0.2, -0.15) is 0 Å². The van der Waals surface area contributed by atoms with Gasteiger partial charge < -0.3 is 10.2 Å². The molecule has 1 aromatic carbocycles. The molecule has 0 unspecified atom stereocenters. The highest BCUT2D eigenvalue weighted by molar-refractivity contribution is 5.94. The van der Waals surface area contributed by atoms with E-state index in [1.165, 1.54) is 44.1 Å². The van der Waals surface area contributed by atoms with Gasteiger partial charge >= 0.3 is 0 Å². The maximum absolute atomic E-state index is 13.0. The summed E-state index contributed by atoms with van der Waals surface area (Å²) in [5.74, 6) is 4.00. The highest BCUT2D eigenvalue weighted by Crippen LogP contribution is 2.59. The third-order valence-corrected chi connectivity index (χ3v) is 8.36. The molecular weight excluding hydrogens is 384 g/mol. The molecule has 31 heavy (non-hydrogen) atoms. The Morgan fingerprint density at radius 1 is 1.13 bits per heavy atom. The normalized spacial score (nSPS) is 30.9. The number of carbonyl (C=O) groups excluding carboxylic acids is 1. The van der Waals surface area contributed by atoms with Crippen LogP contribution in [0.5, 0.6) is 0 Å². The molecule has 7 rings (SSSR count). The molecule has 2 aromatic rings. The number of hydrogen-bond donors (Lipinski definition) is 1. The minimum absolute atomic E-state index is 0.0936. The molecule has 162 valence electrons. The number of anilines is 1. The Hall–Kier alpha value is -2.43. The van der Waals surface area contributed by atoms with Crippen LogP contribution in [-0.2, 0) is 13.0 Å². The molecule has 1 aromatic heterocycles. The van der Waals surface area contributed by atoms with E-state index in [9.17, 15) is 4.79 Å². The molecule has 0 atom stereocenters. The molecule has 2 heterocycles. The average molecular weight is 417 g/mol. The Labute approximate surface area is 184 Å². The lowest BCUT2D eigenvalue weighted by Crippen LogP contribution is -2.49. The molecule has 0 radical (unpaired) electrons. The molecule has 5 heteroatoms. The minimum Gasteiger partial charge on any atom is -0.369 e. The fraction of sp³-hybridized carbons (Fsp3) is 0.577. The topological polar surface area (TPSA) is 58.1 Å². The van der Waals surface area contributed by atoms with Crippen LogP contribution < -0.4 is 5.32 Å². The van der Waals surface area contributed by atoms with Gasteiger partial charge in [0.05, 0.1) is 12.2 Å². The summed E-state index contributed by atoms with van der Waals surface area (Å²) in [5, 5.41) is 3.76. The van der Waals surface area contributed by atoms with Crippen LogP contribution >= 0.6 is 0 Å². The number of nitrogens with one attached hydrogen (secondary N) is 1. The second-order valence-corrected chi connectivity index (χ2v) is 10.8. The number of aryl methyl sites for hydroxylation is 1. The smallest absolute Gasteiger partial charge is 0.254 e. The lowest BCUT2D eigenvalue weighted by molar-refractivity contribution is -0.0444. The second kappa shape index (κ2) is 7.32. The fourth-order valence-electron chi connectivity index (χ4n) is 7.42. The van der Waals surface area contributed by atoms with Crippen LogP contribution in [0.15, 0.2) is 30.6 Å². The molecule has 1 amide bonds. The monoisotopic (exact) mass is 416 g/mol. The lowest BCUT2D eigenvalue weighted by atomic mass is 9.49. The number of benzene rings is 1. The molecule has 1 N–H and O–H groups in total. The van der Waals surface area contributed by atoms with E-state index in [1.54, 1.807) is 6.33 Å². The van der Waals surface area contributed by atoms with Crippen LogP contribution in [0.25, 0.3) is 0 Å². The van der Waals surface area contributed by atoms with E-state index in [-0.39, 0.29) is 5.91 Å². The first-order valence-corrected chi connectivity index (χ1v) is 12.0. The number of aromatic nitrogens is 2. The Kier molecular flexibility index (Phi) is 4.55. The minimum atomic E-state index is 0.0936. The summed E-state index contributed by atoms with van der Waals surface area (Å²) in [5.41, 5.74) is 4.56. The van der Waals surface area contributed by atoms with Crippen LogP contribution in [0.1, 0.15) is 65.7 Å². The van der Waals surface area contributed by atoms with E-state index in [4.69, 9.17) is 0 Å². The summed E-state index contributed by atoms with van der Waals surface area (Å²) in [6.07, 6.45) is 11.1. The van der Waals surface area contributed by atoms with Gasteiger partial charge in [0, 0.05) is 24.2 Å². The Balaban J connectivity index is 1.17. The largest absolute Gasteiger partial charge is 0.369 e. The van der Waals surface area contributed by atoms with Crippen molar-refractivity contribution in [3.63, 3.8) is 0 Å². The second-order valence-electron chi connectivity index (χ2n) is 10.8. The van der Waals surface area contributed by atoms with Crippen molar-refractivity contribution < 1.29 is 4.79 Å². The molecule has 4 fully saturated rings. The van der Waals surface area contributed by atoms with Gasteiger partial charge in [-0.05, 0) is 87.2 Å². The molecule has 4 bridgehead atoms. The summed E-state index contributed by atoms with van der Waals surface area (Å²) in [6.45, 7) is 4.36. The summed E-state index contributed by atoms with van der Waals surface area (Å²) < 4.78 is 0. The van der Waals surface area contributed by atoms with Crippen LogP contribution in [0.4, 0.5) is 5.82 Å². The van der Waals surface area contributed by atoms with Gasteiger partial charge in [0.25, 0.3) is 5.91 Å². The number of hydrogen-bond acceptors (Lipinski definition) is 4. The molecular formula is C26H32N4O. The van der Waals surface area contributed by atoms with Crippen molar-refractivity contribution in [1.29, 1.82) is 0 Å². The Bertz CT molecular complexity index is 981. The third-order valence-electron chi connectivity index (χ3n) is 8.36. The first-order chi connectivity index (χ1) is 15.1. The van der Waals surface area contributed by atoms with Crippen molar-refractivity contribution in [2.75, 3.05) is 18.4 Å². The van der Waals surface area contributed by atoms with E-state index in [2.05, 4.69) is 15.3 Å². The lowest BCUT2D eigenvalue weighted by Gasteiger charge is -2.57. The predicted molar refractivity (Wildman–Crippen MR) is 121 cm³/mol. The molecule has 0 saturated heterocycles.